The Morgan fingerprint density at radius 2 is 2.00 bits per heavy atom. The fraction of sp³-hybridized carbons (Fsp3) is 0.238. The van der Waals surface area contributed by atoms with Gasteiger partial charge in [-0.05, 0) is 48.7 Å². The van der Waals surface area contributed by atoms with Gasteiger partial charge in [-0.2, -0.15) is 0 Å². The molecule has 0 aliphatic heterocycles. The summed E-state index contributed by atoms with van der Waals surface area (Å²) in [6.45, 7) is 4.72. The van der Waals surface area contributed by atoms with Crippen LogP contribution >= 0.6 is 22.9 Å². The molecule has 3 rings (SSSR count). The zero-order valence-electron chi connectivity index (χ0n) is 17.0. The molecule has 0 fully saturated rings. The number of sulfonamides is 1. The molecule has 2 heterocycles. The van der Waals surface area contributed by atoms with Gasteiger partial charge in [0.25, 0.3) is 15.9 Å². The lowest BCUT2D eigenvalue weighted by molar-refractivity contribution is 0.0949. The molecule has 0 saturated carbocycles. The fourth-order valence-corrected chi connectivity index (χ4v) is 5.13. The standard InChI is InChI=1S/C21H22ClN3O4S2/c1-14(2)10-12-23-20(26)17-7-4-11-24-21(17)29-16-6-3-5-15(13-16)25-31(27,28)19-9-8-18(22)30-19/h3-9,11,13-14,25H,10,12H2,1-2H3,(H,23,26). The van der Waals surface area contributed by atoms with Crippen LogP contribution in [0.1, 0.15) is 30.6 Å². The van der Waals surface area contributed by atoms with Crippen molar-refractivity contribution in [1.82, 2.24) is 10.3 Å². The number of hydrogen-bond acceptors (Lipinski definition) is 6. The van der Waals surface area contributed by atoms with Gasteiger partial charge in [0.05, 0.1) is 10.0 Å². The molecular formula is C21H22ClN3O4S2. The normalized spacial score (nSPS) is 11.4. The van der Waals surface area contributed by atoms with Crippen LogP contribution in [-0.2, 0) is 10.0 Å². The van der Waals surface area contributed by atoms with E-state index in [4.69, 9.17) is 16.3 Å². The quantitative estimate of drug-likeness (QED) is 0.441. The molecule has 7 nitrogen and oxygen atoms in total. The Morgan fingerprint density at radius 3 is 2.71 bits per heavy atom. The van der Waals surface area contributed by atoms with Gasteiger partial charge in [0.2, 0.25) is 5.88 Å². The first-order chi connectivity index (χ1) is 14.7. The summed E-state index contributed by atoms with van der Waals surface area (Å²) in [5.74, 6) is 0.658. The molecule has 31 heavy (non-hydrogen) atoms. The summed E-state index contributed by atoms with van der Waals surface area (Å²) in [6, 6.07) is 12.6. The van der Waals surface area contributed by atoms with Crippen molar-refractivity contribution >= 4 is 44.6 Å². The van der Waals surface area contributed by atoms with Gasteiger partial charge in [0.15, 0.2) is 0 Å². The maximum atomic E-state index is 12.5. The van der Waals surface area contributed by atoms with E-state index in [1.54, 1.807) is 30.3 Å². The van der Waals surface area contributed by atoms with E-state index >= 15 is 0 Å². The van der Waals surface area contributed by atoms with Crippen molar-refractivity contribution in [2.24, 2.45) is 5.92 Å². The first-order valence-electron chi connectivity index (χ1n) is 9.54. The Morgan fingerprint density at radius 1 is 1.19 bits per heavy atom. The van der Waals surface area contributed by atoms with E-state index in [2.05, 4.69) is 28.9 Å². The minimum Gasteiger partial charge on any atom is -0.438 e. The lowest BCUT2D eigenvalue weighted by atomic mass is 10.1. The second kappa shape index (κ2) is 10.1. The van der Waals surface area contributed by atoms with Crippen LogP contribution in [0.2, 0.25) is 4.34 Å². The Hall–Kier alpha value is -2.62. The van der Waals surface area contributed by atoms with E-state index < -0.39 is 10.0 Å². The number of pyridine rings is 1. The van der Waals surface area contributed by atoms with Crippen molar-refractivity contribution in [2.75, 3.05) is 11.3 Å². The molecule has 2 N–H and O–H groups in total. The third-order valence-corrected chi connectivity index (χ3v) is 7.24. The largest absolute Gasteiger partial charge is 0.438 e. The van der Waals surface area contributed by atoms with Gasteiger partial charge in [-0.1, -0.05) is 31.5 Å². The van der Waals surface area contributed by atoms with Crippen molar-refractivity contribution in [3.63, 3.8) is 0 Å². The highest BCUT2D eigenvalue weighted by Crippen LogP contribution is 2.29. The second-order valence-corrected chi connectivity index (χ2v) is 10.7. The van der Waals surface area contributed by atoms with Gasteiger partial charge in [-0.25, -0.2) is 13.4 Å². The first kappa shape index (κ1) is 23.1. The molecule has 1 aromatic carbocycles. The van der Waals surface area contributed by atoms with Crippen LogP contribution in [0.5, 0.6) is 11.6 Å². The van der Waals surface area contributed by atoms with Crippen LogP contribution in [0.15, 0.2) is 58.9 Å². The number of carbonyl (C=O) groups is 1. The number of hydrogen-bond donors (Lipinski definition) is 2. The summed E-state index contributed by atoms with van der Waals surface area (Å²) in [4.78, 5) is 16.7. The monoisotopic (exact) mass is 479 g/mol. The van der Waals surface area contributed by atoms with Crippen molar-refractivity contribution in [2.45, 2.75) is 24.5 Å². The molecule has 2 aromatic heterocycles. The molecule has 164 valence electrons. The predicted octanol–water partition coefficient (Wildman–Crippen LogP) is 5.17. The highest BCUT2D eigenvalue weighted by Gasteiger charge is 2.18. The number of halogens is 1. The van der Waals surface area contributed by atoms with Crippen LogP contribution in [0, 0.1) is 5.92 Å². The van der Waals surface area contributed by atoms with E-state index in [0.29, 0.717) is 33.8 Å². The van der Waals surface area contributed by atoms with Crippen molar-refractivity contribution in [1.29, 1.82) is 0 Å². The predicted molar refractivity (Wildman–Crippen MR) is 123 cm³/mol. The molecule has 0 saturated heterocycles. The van der Waals surface area contributed by atoms with E-state index in [9.17, 15) is 13.2 Å². The third kappa shape index (κ3) is 6.43. The summed E-state index contributed by atoms with van der Waals surface area (Å²) < 4.78 is 33.8. The number of nitrogens with one attached hydrogen (secondary N) is 2. The zero-order valence-corrected chi connectivity index (χ0v) is 19.4. The Balaban J connectivity index is 1.75. The number of amides is 1. The number of rotatable bonds is 9. The molecule has 0 bridgehead atoms. The first-order valence-corrected chi connectivity index (χ1v) is 12.2. The molecule has 0 aliphatic rings. The Bertz CT molecular complexity index is 1160. The van der Waals surface area contributed by atoms with E-state index in [1.807, 2.05) is 0 Å². The van der Waals surface area contributed by atoms with Crippen molar-refractivity contribution in [3.8, 4) is 11.6 Å². The Kier molecular flexibility index (Phi) is 7.53. The summed E-state index contributed by atoms with van der Waals surface area (Å²) in [7, 11) is -3.77. The van der Waals surface area contributed by atoms with E-state index in [-0.39, 0.29) is 16.0 Å². The van der Waals surface area contributed by atoms with Crippen LogP contribution in [-0.4, -0.2) is 25.9 Å². The molecule has 0 atom stereocenters. The number of thiophene rings is 1. The molecule has 3 aromatic rings. The molecule has 1 amide bonds. The van der Waals surface area contributed by atoms with E-state index in [0.717, 1.165) is 17.8 Å². The van der Waals surface area contributed by atoms with E-state index in [1.165, 1.54) is 24.4 Å². The molecule has 0 unspecified atom stereocenters. The topological polar surface area (TPSA) is 97.4 Å². The number of nitrogens with zero attached hydrogens (tertiary/aromatic N) is 1. The molecular weight excluding hydrogens is 458 g/mol. The second-order valence-electron chi connectivity index (χ2n) is 7.09. The Labute approximate surface area is 190 Å². The van der Waals surface area contributed by atoms with Gasteiger partial charge in [-0.3, -0.25) is 9.52 Å². The lowest BCUT2D eigenvalue weighted by Crippen LogP contribution is -2.25. The smallest absolute Gasteiger partial charge is 0.271 e. The molecule has 10 heteroatoms. The number of aromatic nitrogens is 1. The average molecular weight is 480 g/mol. The van der Waals surface area contributed by atoms with Crippen LogP contribution in [0.4, 0.5) is 5.69 Å². The summed E-state index contributed by atoms with van der Waals surface area (Å²) in [5, 5.41) is 2.86. The number of carbonyl (C=O) groups excluding carboxylic acids is 1. The van der Waals surface area contributed by atoms with Gasteiger partial charge >= 0.3 is 0 Å². The number of benzene rings is 1. The summed E-state index contributed by atoms with van der Waals surface area (Å²) >= 11 is 6.80. The minimum absolute atomic E-state index is 0.105. The maximum absolute atomic E-state index is 12.5. The lowest BCUT2D eigenvalue weighted by Gasteiger charge is -2.12. The highest BCUT2D eigenvalue weighted by molar-refractivity contribution is 7.94. The fourth-order valence-electron chi connectivity index (χ4n) is 2.60. The number of anilines is 1. The van der Waals surface area contributed by atoms with Gasteiger partial charge < -0.3 is 10.1 Å². The van der Waals surface area contributed by atoms with Crippen molar-refractivity contribution in [3.05, 3.63) is 64.6 Å². The van der Waals surface area contributed by atoms with Gasteiger partial charge in [0, 0.05) is 18.8 Å². The molecule has 0 aliphatic carbocycles. The highest BCUT2D eigenvalue weighted by atomic mass is 35.5. The maximum Gasteiger partial charge on any atom is 0.271 e. The molecule has 0 spiro atoms. The zero-order chi connectivity index (χ0) is 22.4. The minimum atomic E-state index is -3.77. The van der Waals surface area contributed by atoms with Gasteiger partial charge in [0.1, 0.15) is 15.5 Å². The summed E-state index contributed by atoms with van der Waals surface area (Å²) in [5.41, 5.74) is 0.603. The van der Waals surface area contributed by atoms with Gasteiger partial charge in [-0.15, -0.1) is 11.3 Å². The van der Waals surface area contributed by atoms with Crippen LogP contribution in [0.25, 0.3) is 0 Å². The summed E-state index contributed by atoms with van der Waals surface area (Å²) in [6.07, 6.45) is 2.38. The SMILES string of the molecule is CC(C)CCNC(=O)c1cccnc1Oc1cccc(NS(=O)(=O)c2ccc(Cl)s2)c1. The number of ether oxygens (including phenoxy) is 1. The van der Waals surface area contributed by atoms with Crippen molar-refractivity contribution < 1.29 is 17.9 Å². The third-order valence-electron chi connectivity index (χ3n) is 4.14. The van der Waals surface area contributed by atoms with Crippen LogP contribution in [0.3, 0.4) is 0 Å². The molecule has 0 radical (unpaired) electrons. The van der Waals surface area contributed by atoms with Crippen LogP contribution < -0.4 is 14.8 Å². The average Bonchev–Trinajstić information content (AvgIpc) is 3.15.